The van der Waals surface area contributed by atoms with Gasteiger partial charge in [-0.2, -0.15) is 0 Å². The zero-order valence-electron chi connectivity index (χ0n) is 7.85. The van der Waals surface area contributed by atoms with Gasteiger partial charge < -0.3 is 4.90 Å². The summed E-state index contributed by atoms with van der Waals surface area (Å²) in [5.41, 5.74) is 2.11. The largest absolute Gasteiger partial charge is 0.375 e. The van der Waals surface area contributed by atoms with Crippen molar-refractivity contribution in [2.45, 2.75) is 12.8 Å². The summed E-state index contributed by atoms with van der Waals surface area (Å²) in [4.78, 5) is 2.13. The molecule has 0 N–H and O–H groups in total. The molecule has 3 heteroatoms. The molecule has 1 rings (SSSR count). The topological polar surface area (TPSA) is 3.24 Å². The molecule has 0 atom stereocenters. The first-order valence-corrected chi connectivity index (χ1v) is 5.15. The monoisotopic (exact) mass is 217 g/mol. The number of benzene rings is 1. The van der Waals surface area contributed by atoms with E-state index in [2.05, 4.69) is 11.8 Å². The second kappa shape index (κ2) is 4.73. The Hall–Kier alpha value is -0.400. The van der Waals surface area contributed by atoms with Gasteiger partial charge in [-0.25, -0.2) is 0 Å². The lowest BCUT2D eigenvalue weighted by Crippen LogP contribution is -2.15. The maximum absolute atomic E-state index is 6.02. The van der Waals surface area contributed by atoms with Crippen LogP contribution < -0.4 is 4.90 Å². The van der Waals surface area contributed by atoms with Gasteiger partial charge in [0.05, 0.1) is 0 Å². The molecule has 0 unspecified atom stereocenters. The Labute approximate surface area is 89.3 Å². The van der Waals surface area contributed by atoms with E-state index in [9.17, 15) is 0 Å². The molecule has 0 aliphatic heterocycles. The SMILES string of the molecule is CCN(C)c1ccc(CCl)c(Cl)c1. The third-order valence-corrected chi connectivity index (χ3v) is 2.74. The standard InChI is InChI=1S/C10H13Cl2N/c1-3-13(2)9-5-4-8(7-11)10(12)6-9/h4-6H,3,7H2,1-2H3. The number of nitrogens with zero attached hydrogens (tertiary/aromatic N) is 1. The summed E-state index contributed by atoms with van der Waals surface area (Å²) in [5, 5.41) is 0.743. The lowest BCUT2D eigenvalue weighted by molar-refractivity contribution is 0.967. The smallest absolute Gasteiger partial charge is 0.0488 e. The van der Waals surface area contributed by atoms with Gasteiger partial charge in [-0.1, -0.05) is 17.7 Å². The number of rotatable bonds is 3. The minimum absolute atomic E-state index is 0.467. The Balaban J connectivity index is 2.95. The molecule has 1 aromatic carbocycles. The first-order valence-electron chi connectivity index (χ1n) is 4.24. The van der Waals surface area contributed by atoms with Crippen molar-refractivity contribution in [1.82, 2.24) is 0 Å². The van der Waals surface area contributed by atoms with Crippen molar-refractivity contribution in [2.75, 3.05) is 18.5 Å². The van der Waals surface area contributed by atoms with Crippen LogP contribution in [0.1, 0.15) is 12.5 Å². The fourth-order valence-corrected chi connectivity index (χ4v) is 1.61. The predicted octanol–water partition coefficient (Wildman–Crippen LogP) is 3.53. The molecule has 0 saturated carbocycles. The van der Waals surface area contributed by atoms with Crippen LogP contribution in [0, 0.1) is 0 Å². The van der Waals surface area contributed by atoms with Crippen LogP contribution in [0.2, 0.25) is 5.02 Å². The van der Waals surface area contributed by atoms with Crippen LogP contribution in [0.15, 0.2) is 18.2 Å². The third kappa shape index (κ3) is 2.52. The highest BCUT2D eigenvalue weighted by atomic mass is 35.5. The van der Waals surface area contributed by atoms with Gasteiger partial charge in [-0.05, 0) is 24.6 Å². The fraction of sp³-hybridized carbons (Fsp3) is 0.400. The van der Waals surface area contributed by atoms with E-state index in [1.54, 1.807) is 0 Å². The first kappa shape index (κ1) is 10.7. The van der Waals surface area contributed by atoms with Gasteiger partial charge in [0.2, 0.25) is 0 Å². The van der Waals surface area contributed by atoms with Crippen LogP contribution >= 0.6 is 23.2 Å². The molecule has 13 heavy (non-hydrogen) atoms. The highest BCUT2D eigenvalue weighted by Crippen LogP contribution is 2.23. The van der Waals surface area contributed by atoms with Gasteiger partial charge in [0, 0.05) is 30.2 Å². The number of hydrogen-bond donors (Lipinski definition) is 0. The van der Waals surface area contributed by atoms with E-state index >= 15 is 0 Å². The highest BCUT2D eigenvalue weighted by molar-refractivity contribution is 6.32. The van der Waals surface area contributed by atoms with Gasteiger partial charge in [0.1, 0.15) is 0 Å². The summed E-state index contributed by atoms with van der Waals surface area (Å²) in [6, 6.07) is 5.95. The Morgan fingerprint density at radius 1 is 1.38 bits per heavy atom. The Morgan fingerprint density at radius 3 is 2.54 bits per heavy atom. The van der Waals surface area contributed by atoms with Crippen LogP contribution in [0.3, 0.4) is 0 Å². The van der Waals surface area contributed by atoms with E-state index in [0.29, 0.717) is 5.88 Å². The van der Waals surface area contributed by atoms with Crippen LogP contribution in [0.25, 0.3) is 0 Å². The van der Waals surface area contributed by atoms with Gasteiger partial charge >= 0.3 is 0 Å². The third-order valence-electron chi connectivity index (χ3n) is 2.10. The number of hydrogen-bond acceptors (Lipinski definition) is 1. The predicted molar refractivity (Wildman–Crippen MR) is 60.0 cm³/mol. The fourth-order valence-electron chi connectivity index (χ4n) is 1.06. The Bertz CT molecular complexity index is 286. The average Bonchev–Trinajstić information content (AvgIpc) is 2.16. The Morgan fingerprint density at radius 2 is 2.08 bits per heavy atom. The molecule has 1 nitrogen and oxygen atoms in total. The van der Waals surface area contributed by atoms with E-state index in [1.165, 1.54) is 0 Å². The molecular weight excluding hydrogens is 205 g/mol. The van der Waals surface area contributed by atoms with Crippen molar-refractivity contribution in [3.8, 4) is 0 Å². The quantitative estimate of drug-likeness (QED) is 0.701. The van der Waals surface area contributed by atoms with Crippen LogP contribution in [0.5, 0.6) is 0 Å². The summed E-state index contributed by atoms with van der Waals surface area (Å²) >= 11 is 11.7. The zero-order valence-corrected chi connectivity index (χ0v) is 9.36. The minimum atomic E-state index is 0.467. The van der Waals surface area contributed by atoms with Crippen molar-refractivity contribution >= 4 is 28.9 Å². The maximum atomic E-state index is 6.02. The van der Waals surface area contributed by atoms with E-state index in [-0.39, 0.29) is 0 Å². The number of anilines is 1. The van der Waals surface area contributed by atoms with Crippen molar-refractivity contribution < 1.29 is 0 Å². The maximum Gasteiger partial charge on any atom is 0.0488 e. The number of alkyl halides is 1. The van der Waals surface area contributed by atoms with Gasteiger partial charge in [-0.15, -0.1) is 11.6 Å². The van der Waals surface area contributed by atoms with Crippen LogP contribution in [-0.4, -0.2) is 13.6 Å². The molecule has 0 aliphatic rings. The van der Waals surface area contributed by atoms with Gasteiger partial charge in [-0.3, -0.25) is 0 Å². The molecule has 0 amide bonds. The molecule has 0 fully saturated rings. The molecule has 0 saturated heterocycles. The van der Waals surface area contributed by atoms with Crippen LogP contribution in [0.4, 0.5) is 5.69 Å². The summed E-state index contributed by atoms with van der Waals surface area (Å²) in [5.74, 6) is 0.467. The molecule has 0 aromatic heterocycles. The van der Waals surface area contributed by atoms with Crippen molar-refractivity contribution in [3.63, 3.8) is 0 Å². The summed E-state index contributed by atoms with van der Waals surface area (Å²) in [6.45, 7) is 3.07. The summed E-state index contributed by atoms with van der Waals surface area (Å²) < 4.78 is 0. The molecule has 0 aliphatic carbocycles. The van der Waals surface area contributed by atoms with E-state index < -0.39 is 0 Å². The molecular formula is C10H13Cl2N. The number of halogens is 2. The van der Waals surface area contributed by atoms with Crippen LogP contribution in [-0.2, 0) is 5.88 Å². The highest BCUT2D eigenvalue weighted by Gasteiger charge is 2.02. The van der Waals surface area contributed by atoms with Crippen molar-refractivity contribution in [2.24, 2.45) is 0 Å². The molecule has 0 heterocycles. The second-order valence-electron chi connectivity index (χ2n) is 2.92. The summed E-state index contributed by atoms with van der Waals surface area (Å²) in [6.07, 6.45) is 0. The lowest BCUT2D eigenvalue weighted by Gasteiger charge is -2.17. The van der Waals surface area contributed by atoms with Gasteiger partial charge in [0.25, 0.3) is 0 Å². The van der Waals surface area contributed by atoms with Gasteiger partial charge in [0.15, 0.2) is 0 Å². The average molecular weight is 218 g/mol. The summed E-state index contributed by atoms with van der Waals surface area (Å²) in [7, 11) is 2.03. The lowest BCUT2D eigenvalue weighted by atomic mass is 10.2. The Kier molecular flexibility index (Phi) is 3.89. The normalized spacial score (nSPS) is 10.2. The minimum Gasteiger partial charge on any atom is -0.375 e. The van der Waals surface area contributed by atoms with E-state index in [0.717, 1.165) is 22.8 Å². The van der Waals surface area contributed by atoms with Crippen molar-refractivity contribution in [3.05, 3.63) is 28.8 Å². The molecule has 1 aromatic rings. The first-order chi connectivity index (χ1) is 6.19. The second-order valence-corrected chi connectivity index (χ2v) is 3.60. The molecule has 0 radical (unpaired) electrons. The van der Waals surface area contributed by atoms with E-state index in [4.69, 9.17) is 23.2 Å². The molecule has 72 valence electrons. The molecule has 0 spiro atoms. The molecule has 0 bridgehead atoms. The zero-order chi connectivity index (χ0) is 9.84. The van der Waals surface area contributed by atoms with E-state index in [1.807, 2.05) is 25.2 Å². The van der Waals surface area contributed by atoms with Crippen molar-refractivity contribution in [1.29, 1.82) is 0 Å².